The predicted molar refractivity (Wildman–Crippen MR) is 157 cm³/mol. The molecule has 5 N–H and O–H groups in total. The quantitative estimate of drug-likeness (QED) is 0.206. The number of piperidine rings is 1. The first-order chi connectivity index (χ1) is 20.0. The molecule has 15 heteroatoms. The van der Waals surface area contributed by atoms with Crippen LogP contribution in [0.25, 0.3) is 10.6 Å². The van der Waals surface area contributed by atoms with Gasteiger partial charge in [0.1, 0.15) is 11.7 Å². The number of nitrogens with one attached hydrogen (secondary N) is 3. The summed E-state index contributed by atoms with van der Waals surface area (Å²) in [5.41, 5.74) is 2.71. The lowest BCUT2D eigenvalue weighted by atomic mass is 10.1. The number of rotatable bonds is 9. The average Bonchev–Trinajstić information content (AvgIpc) is 3.33. The minimum absolute atomic E-state index is 0.0557. The maximum Gasteiger partial charge on any atom is 0.249 e. The molecule has 1 aliphatic heterocycles. The SMILES string of the molecule is Cc1nc(N(C)Cc2cccc(NC3CCC(=O)NC3=O)c2)sc1-c1nc(Nc2cccc(S(N)(=O)=O)c2)ncc1F. The summed E-state index contributed by atoms with van der Waals surface area (Å²) >= 11 is 1.27. The Morgan fingerprint density at radius 3 is 2.67 bits per heavy atom. The molecular weight excluding hydrogens is 583 g/mol. The standard InChI is InChI=1S/C27H27FN8O4S2/c1-15-24(23-20(28)13-30-26(35-23)33-18-7-4-8-19(12-18)42(29,39)40)41-27(31-15)36(2)14-16-5-3-6-17(11-16)32-21-9-10-22(37)34-25(21)38/h3-8,11-13,21,32H,9-10,14H2,1-2H3,(H2,29,39,40)(H,30,33,35)(H,34,37,38). The maximum atomic E-state index is 14.9. The molecule has 1 unspecified atom stereocenters. The summed E-state index contributed by atoms with van der Waals surface area (Å²) in [6, 6.07) is 12.9. The number of halogens is 1. The predicted octanol–water partition coefficient (Wildman–Crippen LogP) is 3.29. The van der Waals surface area contributed by atoms with E-state index in [0.29, 0.717) is 34.4 Å². The van der Waals surface area contributed by atoms with E-state index in [9.17, 15) is 22.4 Å². The number of carbonyl (C=O) groups excluding carboxylic acids is 2. The van der Waals surface area contributed by atoms with Gasteiger partial charge in [-0.05, 0) is 49.2 Å². The summed E-state index contributed by atoms with van der Waals surface area (Å²) in [7, 11) is -2.04. The van der Waals surface area contributed by atoms with Crippen LogP contribution in [-0.2, 0) is 26.2 Å². The van der Waals surface area contributed by atoms with Gasteiger partial charge >= 0.3 is 0 Å². The number of sulfonamides is 1. The van der Waals surface area contributed by atoms with Gasteiger partial charge in [0.05, 0.1) is 21.7 Å². The third-order valence-electron chi connectivity index (χ3n) is 6.42. The number of primary sulfonamides is 1. The van der Waals surface area contributed by atoms with Crippen LogP contribution in [0.1, 0.15) is 24.1 Å². The van der Waals surface area contributed by atoms with E-state index in [1.807, 2.05) is 36.2 Å². The van der Waals surface area contributed by atoms with Crippen LogP contribution in [-0.4, -0.2) is 48.3 Å². The molecule has 3 heterocycles. The van der Waals surface area contributed by atoms with Gasteiger partial charge in [0.25, 0.3) is 0 Å². The zero-order valence-corrected chi connectivity index (χ0v) is 24.2. The molecule has 5 rings (SSSR count). The zero-order valence-electron chi connectivity index (χ0n) is 22.6. The molecule has 0 radical (unpaired) electrons. The van der Waals surface area contributed by atoms with Crippen molar-refractivity contribution in [1.29, 1.82) is 0 Å². The minimum atomic E-state index is -3.91. The third kappa shape index (κ3) is 6.70. The Kier molecular flexibility index (Phi) is 8.15. The average molecular weight is 611 g/mol. The van der Waals surface area contributed by atoms with Crippen molar-refractivity contribution < 1.29 is 22.4 Å². The molecule has 0 bridgehead atoms. The third-order valence-corrected chi connectivity index (χ3v) is 8.61. The molecule has 218 valence electrons. The molecule has 0 spiro atoms. The summed E-state index contributed by atoms with van der Waals surface area (Å²) in [6.07, 6.45) is 1.75. The Bertz CT molecular complexity index is 1780. The number of amides is 2. The van der Waals surface area contributed by atoms with E-state index in [1.165, 1.54) is 29.5 Å². The Morgan fingerprint density at radius 1 is 1.14 bits per heavy atom. The number of hydrogen-bond acceptors (Lipinski definition) is 11. The number of carbonyl (C=O) groups is 2. The molecule has 1 aliphatic rings. The van der Waals surface area contributed by atoms with Crippen molar-refractivity contribution in [2.24, 2.45) is 5.14 Å². The van der Waals surface area contributed by atoms with E-state index in [2.05, 4.69) is 30.9 Å². The van der Waals surface area contributed by atoms with Gasteiger partial charge < -0.3 is 15.5 Å². The molecule has 42 heavy (non-hydrogen) atoms. The summed E-state index contributed by atoms with van der Waals surface area (Å²) < 4.78 is 38.3. The number of nitrogens with two attached hydrogens (primary N) is 1. The first kappa shape index (κ1) is 29.0. The first-order valence-electron chi connectivity index (χ1n) is 12.8. The number of nitrogens with zero attached hydrogens (tertiary/aromatic N) is 4. The molecule has 1 fully saturated rings. The van der Waals surface area contributed by atoms with Gasteiger partial charge in [-0.2, -0.15) is 0 Å². The van der Waals surface area contributed by atoms with E-state index in [-0.39, 0.29) is 34.8 Å². The smallest absolute Gasteiger partial charge is 0.249 e. The molecule has 4 aromatic rings. The second kappa shape index (κ2) is 11.8. The first-order valence-corrected chi connectivity index (χ1v) is 15.1. The van der Waals surface area contributed by atoms with Crippen LogP contribution in [0.2, 0.25) is 0 Å². The number of aromatic nitrogens is 3. The molecular formula is C27H27FN8O4S2. The molecule has 12 nitrogen and oxygen atoms in total. The monoisotopic (exact) mass is 610 g/mol. The number of anilines is 4. The molecule has 2 aromatic heterocycles. The van der Waals surface area contributed by atoms with Crippen LogP contribution in [0.3, 0.4) is 0 Å². The van der Waals surface area contributed by atoms with Gasteiger partial charge in [0.2, 0.25) is 27.8 Å². The number of aryl methyl sites for hydroxylation is 1. The van der Waals surface area contributed by atoms with Crippen LogP contribution in [0.15, 0.2) is 59.6 Å². The Balaban J connectivity index is 1.31. The summed E-state index contributed by atoms with van der Waals surface area (Å²) in [5, 5.41) is 14.3. The lowest BCUT2D eigenvalue weighted by Crippen LogP contribution is -2.47. The maximum absolute atomic E-state index is 14.9. The lowest BCUT2D eigenvalue weighted by molar-refractivity contribution is -0.133. The highest BCUT2D eigenvalue weighted by Crippen LogP contribution is 2.35. The van der Waals surface area contributed by atoms with Crippen molar-refractivity contribution in [3.63, 3.8) is 0 Å². The Hall–Kier alpha value is -4.47. The number of hydrogen-bond donors (Lipinski definition) is 4. The highest BCUT2D eigenvalue weighted by Gasteiger charge is 2.26. The largest absolute Gasteiger partial charge is 0.374 e. The van der Waals surface area contributed by atoms with E-state index in [4.69, 9.17) is 5.14 Å². The molecule has 1 atom stereocenters. The van der Waals surface area contributed by atoms with Gasteiger partial charge in [-0.1, -0.05) is 29.5 Å². The van der Waals surface area contributed by atoms with Crippen molar-refractivity contribution in [3.8, 4) is 10.6 Å². The fourth-order valence-corrected chi connectivity index (χ4v) is 5.94. The van der Waals surface area contributed by atoms with Crippen molar-refractivity contribution in [3.05, 3.63) is 71.8 Å². The van der Waals surface area contributed by atoms with E-state index in [0.717, 1.165) is 17.4 Å². The van der Waals surface area contributed by atoms with Gasteiger partial charge in [0.15, 0.2) is 10.9 Å². The normalized spacial score (nSPS) is 15.3. The Morgan fingerprint density at radius 2 is 1.90 bits per heavy atom. The van der Waals surface area contributed by atoms with Crippen molar-refractivity contribution >= 4 is 55.6 Å². The fourth-order valence-electron chi connectivity index (χ4n) is 4.37. The molecule has 1 saturated heterocycles. The number of imide groups is 1. The Labute approximate surface area is 245 Å². The molecule has 2 amide bonds. The number of benzene rings is 2. The van der Waals surface area contributed by atoms with E-state index in [1.54, 1.807) is 13.0 Å². The molecule has 0 saturated carbocycles. The van der Waals surface area contributed by atoms with E-state index < -0.39 is 21.9 Å². The minimum Gasteiger partial charge on any atom is -0.374 e. The van der Waals surface area contributed by atoms with Gasteiger partial charge in [-0.15, -0.1) is 0 Å². The zero-order chi connectivity index (χ0) is 30.0. The van der Waals surface area contributed by atoms with Crippen LogP contribution in [0, 0.1) is 12.7 Å². The van der Waals surface area contributed by atoms with Crippen LogP contribution >= 0.6 is 11.3 Å². The summed E-state index contributed by atoms with van der Waals surface area (Å²) in [5.74, 6) is -1.17. The molecule has 2 aromatic carbocycles. The topological polar surface area (TPSA) is 172 Å². The van der Waals surface area contributed by atoms with Gasteiger partial charge in [0, 0.05) is 31.4 Å². The van der Waals surface area contributed by atoms with Crippen molar-refractivity contribution in [2.45, 2.75) is 37.2 Å². The number of thiazole rings is 1. The highest BCUT2D eigenvalue weighted by atomic mass is 32.2. The van der Waals surface area contributed by atoms with Crippen LogP contribution < -0.4 is 26.0 Å². The van der Waals surface area contributed by atoms with Gasteiger partial charge in [-0.25, -0.2) is 32.9 Å². The summed E-state index contributed by atoms with van der Waals surface area (Å²) in [6.45, 7) is 2.24. The van der Waals surface area contributed by atoms with Gasteiger partial charge in [-0.3, -0.25) is 14.9 Å². The van der Waals surface area contributed by atoms with Crippen LogP contribution in [0.4, 0.5) is 26.8 Å². The second-order valence-corrected chi connectivity index (χ2v) is 12.2. The van der Waals surface area contributed by atoms with Crippen LogP contribution in [0.5, 0.6) is 0 Å². The lowest BCUT2D eigenvalue weighted by Gasteiger charge is -2.23. The van der Waals surface area contributed by atoms with E-state index >= 15 is 0 Å². The molecule has 0 aliphatic carbocycles. The summed E-state index contributed by atoms with van der Waals surface area (Å²) in [4.78, 5) is 38.8. The van der Waals surface area contributed by atoms with Crippen molar-refractivity contribution in [2.75, 3.05) is 22.6 Å². The van der Waals surface area contributed by atoms with Crippen molar-refractivity contribution in [1.82, 2.24) is 20.3 Å². The fraction of sp³-hybridized carbons (Fsp3) is 0.222. The second-order valence-electron chi connectivity index (χ2n) is 9.70. The highest BCUT2D eigenvalue weighted by molar-refractivity contribution is 7.89.